The molecule has 2 heterocycles. The van der Waals surface area contributed by atoms with Gasteiger partial charge in [-0.3, -0.25) is 4.79 Å². The maximum Gasteiger partial charge on any atom is 0.323 e. The van der Waals surface area contributed by atoms with Crippen molar-refractivity contribution in [3.05, 3.63) is 0 Å². The van der Waals surface area contributed by atoms with Gasteiger partial charge in [0, 0.05) is 13.0 Å². The van der Waals surface area contributed by atoms with Gasteiger partial charge in [-0.25, -0.2) is 0 Å². The number of aliphatic hydroxyl groups excluding tert-OH is 1. The first-order valence-corrected chi connectivity index (χ1v) is 4.45. The highest BCUT2D eigenvalue weighted by atomic mass is 16.6. The Bertz CT molecular complexity index is 204. The molecule has 2 N–H and O–H groups in total. The molecule has 0 spiro atoms. The van der Waals surface area contributed by atoms with Gasteiger partial charge in [0.1, 0.15) is 12.1 Å². The highest BCUT2D eigenvalue weighted by molar-refractivity contribution is 5.76. The van der Waals surface area contributed by atoms with Crippen LogP contribution in [0.4, 0.5) is 0 Å². The Morgan fingerprint density at radius 1 is 1.54 bits per heavy atom. The maximum atomic E-state index is 11.3. The summed E-state index contributed by atoms with van der Waals surface area (Å²) in [5, 5.41) is 12.1. The van der Waals surface area contributed by atoms with Crippen molar-refractivity contribution in [3.8, 4) is 0 Å². The molecule has 0 aromatic carbocycles. The van der Waals surface area contributed by atoms with Gasteiger partial charge in [0.15, 0.2) is 0 Å². The van der Waals surface area contributed by atoms with E-state index in [-0.39, 0.29) is 18.1 Å². The standard InChI is InChI=1S/C8H13NO4/c10-5-1-7(9-2-5)8(11)13-6-3-12-4-6/h5-7,9-10H,1-4H2/t5-,7-/m0/s1. The monoisotopic (exact) mass is 187 g/mol. The topological polar surface area (TPSA) is 67.8 Å². The minimum atomic E-state index is -0.421. The SMILES string of the molecule is O=C(OC1COC1)[C@@H]1C[C@H](O)CN1. The molecule has 2 aliphatic heterocycles. The molecule has 0 aromatic rings. The Hall–Kier alpha value is -0.650. The van der Waals surface area contributed by atoms with Gasteiger partial charge in [0.25, 0.3) is 0 Å². The van der Waals surface area contributed by atoms with E-state index in [4.69, 9.17) is 14.6 Å². The molecule has 74 valence electrons. The molecule has 2 aliphatic rings. The first-order valence-electron chi connectivity index (χ1n) is 4.45. The summed E-state index contributed by atoms with van der Waals surface area (Å²) in [5.41, 5.74) is 0. The third-order valence-corrected chi connectivity index (χ3v) is 2.28. The summed E-state index contributed by atoms with van der Waals surface area (Å²) >= 11 is 0. The van der Waals surface area contributed by atoms with Gasteiger partial charge < -0.3 is 19.9 Å². The minimum absolute atomic E-state index is 0.0768. The van der Waals surface area contributed by atoms with Crippen LogP contribution in [0.15, 0.2) is 0 Å². The zero-order chi connectivity index (χ0) is 9.26. The lowest BCUT2D eigenvalue weighted by molar-refractivity contribution is -0.174. The molecular weight excluding hydrogens is 174 g/mol. The predicted molar refractivity (Wildman–Crippen MR) is 43.1 cm³/mol. The van der Waals surface area contributed by atoms with Gasteiger partial charge in [-0.1, -0.05) is 0 Å². The minimum Gasteiger partial charge on any atom is -0.456 e. The molecule has 0 unspecified atom stereocenters. The number of nitrogens with one attached hydrogen (secondary N) is 1. The number of esters is 1. The van der Waals surface area contributed by atoms with E-state index in [1.807, 2.05) is 0 Å². The van der Waals surface area contributed by atoms with Crippen molar-refractivity contribution in [1.82, 2.24) is 5.32 Å². The molecule has 5 nitrogen and oxygen atoms in total. The molecule has 2 rings (SSSR count). The van der Waals surface area contributed by atoms with Gasteiger partial charge in [0.2, 0.25) is 0 Å². The number of rotatable bonds is 2. The van der Waals surface area contributed by atoms with Crippen LogP contribution in [0.1, 0.15) is 6.42 Å². The summed E-state index contributed by atoms with van der Waals surface area (Å²) in [6.45, 7) is 1.48. The molecule has 5 heteroatoms. The second-order valence-corrected chi connectivity index (χ2v) is 3.45. The van der Waals surface area contributed by atoms with E-state index in [0.717, 1.165) is 0 Å². The van der Waals surface area contributed by atoms with Crippen LogP contribution in [0.2, 0.25) is 0 Å². The lowest BCUT2D eigenvalue weighted by atomic mass is 10.2. The maximum absolute atomic E-state index is 11.3. The van der Waals surface area contributed by atoms with Gasteiger partial charge in [0.05, 0.1) is 19.3 Å². The molecule has 13 heavy (non-hydrogen) atoms. The Morgan fingerprint density at radius 2 is 2.31 bits per heavy atom. The summed E-state index contributed by atoms with van der Waals surface area (Å²) in [4.78, 5) is 11.3. The number of aliphatic hydroxyl groups is 1. The van der Waals surface area contributed by atoms with Crippen LogP contribution in [0.25, 0.3) is 0 Å². The van der Waals surface area contributed by atoms with E-state index in [2.05, 4.69) is 5.32 Å². The van der Waals surface area contributed by atoms with Crippen molar-refractivity contribution < 1.29 is 19.4 Å². The quantitative estimate of drug-likeness (QED) is 0.523. The average molecular weight is 187 g/mol. The van der Waals surface area contributed by atoms with E-state index in [1.165, 1.54) is 0 Å². The van der Waals surface area contributed by atoms with Crippen LogP contribution in [0.3, 0.4) is 0 Å². The molecule has 0 aliphatic carbocycles. The highest BCUT2D eigenvalue weighted by Crippen LogP contribution is 2.12. The molecule has 0 saturated carbocycles. The van der Waals surface area contributed by atoms with E-state index < -0.39 is 6.10 Å². The fourth-order valence-corrected chi connectivity index (χ4v) is 1.43. The summed E-state index contributed by atoms with van der Waals surface area (Å²) < 4.78 is 9.95. The Balaban J connectivity index is 1.76. The molecule has 2 fully saturated rings. The van der Waals surface area contributed by atoms with E-state index in [9.17, 15) is 4.79 Å². The fourth-order valence-electron chi connectivity index (χ4n) is 1.43. The van der Waals surface area contributed by atoms with Crippen LogP contribution >= 0.6 is 0 Å². The van der Waals surface area contributed by atoms with Crippen molar-refractivity contribution in [3.63, 3.8) is 0 Å². The first-order chi connectivity index (χ1) is 6.25. The smallest absolute Gasteiger partial charge is 0.323 e. The number of ether oxygens (including phenoxy) is 2. The Kier molecular flexibility index (Phi) is 2.48. The molecule has 0 bridgehead atoms. The Labute approximate surface area is 76.0 Å². The largest absolute Gasteiger partial charge is 0.456 e. The molecule has 2 saturated heterocycles. The van der Waals surface area contributed by atoms with Crippen molar-refractivity contribution in [1.29, 1.82) is 0 Å². The third-order valence-electron chi connectivity index (χ3n) is 2.28. The van der Waals surface area contributed by atoms with Crippen LogP contribution in [0, 0.1) is 0 Å². The zero-order valence-electron chi connectivity index (χ0n) is 7.23. The van der Waals surface area contributed by atoms with E-state index >= 15 is 0 Å². The van der Waals surface area contributed by atoms with E-state index in [0.29, 0.717) is 26.2 Å². The van der Waals surface area contributed by atoms with E-state index in [1.54, 1.807) is 0 Å². The molecule has 0 radical (unpaired) electrons. The van der Waals surface area contributed by atoms with Crippen molar-refractivity contribution in [2.24, 2.45) is 0 Å². The lowest BCUT2D eigenvalue weighted by Gasteiger charge is -2.26. The first kappa shape index (κ1) is 8.93. The van der Waals surface area contributed by atoms with Crippen LogP contribution in [0.5, 0.6) is 0 Å². The number of hydrogen-bond donors (Lipinski definition) is 2. The second kappa shape index (κ2) is 3.61. The fraction of sp³-hybridized carbons (Fsp3) is 0.875. The average Bonchev–Trinajstić information content (AvgIpc) is 2.44. The predicted octanol–water partition coefficient (Wildman–Crippen LogP) is -1.35. The summed E-state index contributed by atoms with van der Waals surface area (Å²) in [5.74, 6) is -0.273. The van der Waals surface area contributed by atoms with Crippen LogP contribution < -0.4 is 5.32 Å². The van der Waals surface area contributed by atoms with Gasteiger partial charge in [-0.2, -0.15) is 0 Å². The van der Waals surface area contributed by atoms with Crippen LogP contribution in [-0.4, -0.2) is 49.1 Å². The summed E-state index contributed by atoms with van der Waals surface area (Å²) in [6.07, 6.45) is -0.0471. The number of carbonyl (C=O) groups excluding carboxylic acids is 1. The van der Waals surface area contributed by atoms with Gasteiger partial charge in [-0.15, -0.1) is 0 Å². The highest BCUT2D eigenvalue weighted by Gasteiger charge is 2.32. The van der Waals surface area contributed by atoms with Crippen LogP contribution in [-0.2, 0) is 14.3 Å². The molecular formula is C8H13NO4. The summed E-state index contributed by atoms with van der Waals surface area (Å²) in [7, 11) is 0. The molecule has 2 atom stereocenters. The van der Waals surface area contributed by atoms with Crippen molar-refractivity contribution in [2.45, 2.75) is 24.7 Å². The molecule has 0 amide bonds. The number of carbonyl (C=O) groups is 1. The molecule has 0 aromatic heterocycles. The summed E-state index contributed by atoms with van der Waals surface area (Å²) in [6, 6.07) is -0.337. The third kappa shape index (κ3) is 1.99. The number of β-amino-alcohol motifs (C(OH)–C–C–N with tert-alkyl or cyclic N) is 1. The van der Waals surface area contributed by atoms with Gasteiger partial charge in [-0.05, 0) is 0 Å². The van der Waals surface area contributed by atoms with Crippen molar-refractivity contribution in [2.75, 3.05) is 19.8 Å². The van der Waals surface area contributed by atoms with Crippen molar-refractivity contribution >= 4 is 5.97 Å². The normalized spacial score (nSPS) is 34.2. The second-order valence-electron chi connectivity index (χ2n) is 3.45. The zero-order valence-corrected chi connectivity index (χ0v) is 7.23. The lowest BCUT2D eigenvalue weighted by Crippen LogP contribution is -2.42. The number of hydrogen-bond acceptors (Lipinski definition) is 5. The Morgan fingerprint density at radius 3 is 2.77 bits per heavy atom. The van der Waals surface area contributed by atoms with Gasteiger partial charge >= 0.3 is 5.97 Å².